The maximum Gasteiger partial charge on any atom is 0.335 e. The van der Waals surface area contributed by atoms with Crippen molar-refractivity contribution in [2.24, 2.45) is 0 Å². The first-order valence-corrected chi connectivity index (χ1v) is 13.8. The monoisotopic (exact) mass is 595 g/mol. The topological polar surface area (TPSA) is 135 Å². The Morgan fingerprint density at radius 2 is 2.16 bits per heavy atom. The maximum absolute atomic E-state index is 14.8. The van der Waals surface area contributed by atoms with Gasteiger partial charge in [-0.3, -0.25) is 8.98 Å². The van der Waals surface area contributed by atoms with Gasteiger partial charge in [0.1, 0.15) is 30.5 Å². The number of ketones is 1. The number of nitrogens with zero attached hydrogens (tertiary/aromatic N) is 3. The maximum atomic E-state index is 14.8. The molecule has 1 aromatic carbocycles. The number of anilines is 1. The highest BCUT2D eigenvalue weighted by Gasteiger charge is 2.46. The Morgan fingerprint density at radius 1 is 1.38 bits per heavy atom. The van der Waals surface area contributed by atoms with Crippen molar-refractivity contribution in [2.75, 3.05) is 12.4 Å². The number of carbonyl (C=O) groups excluding carboxylic acids is 1. The lowest BCUT2D eigenvalue weighted by Gasteiger charge is -2.18. The van der Waals surface area contributed by atoms with E-state index in [9.17, 15) is 22.7 Å². The fourth-order valence-corrected chi connectivity index (χ4v) is 5.45. The van der Waals surface area contributed by atoms with E-state index in [0.717, 1.165) is 23.5 Å². The van der Waals surface area contributed by atoms with E-state index in [4.69, 9.17) is 4.18 Å². The number of rotatable bonds is 10. The number of nitrogens with one attached hydrogen (secondary N) is 2. The standard InChI is InChI=1S/C24H27BrFN5O5S/c1-3-19(14-5-4-6-16(25)9-14)31-8-7-15(12-31)22(32)17-11-28-13-29-24(17)30-18-10-20(23(33)21(18)26)36-37(34,35)27-2/h4-9,11-13,18-21,23,27,33H,3,10H2,1-2H3,(H,28,29,30)/t18-,19-,20-,21-,23-/m1/s1. The molecule has 10 nitrogen and oxygen atoms in total. The average Bonchev–Trinajstić information content (AvgIpc) is 3.46. The molecule has 13 heteroatoms. The zero-order valence-corrected chi connectivity index (χ0v) is 22.5. The van der Waals surface area contributed by atoms with Gasteiger partial charge in [0.25, 0.3) is 0 Å². The molecule has 5 atom stereocenters. The number of alkyl halides is 1. The summed E-state index contributed by atoms with van der Waals surface area (Å²) in [7, 11) is -2.99. The first-order valence-electron chi connectivity index (χ1n) is 11.6. The van der Waals surface area contributed by atoms with Crippen LogP contribution in [0.2, 0.25) is 0 Å². The van der Waals surface area contributed by atoms with Gasteiger partial charge in [-0.1, -0.05) is 35.0 Å². The molecule has 0 bridgehead atoms. The highest BCUT2D eigenvalue weighted by atomic mass is 79.9. The third-order valence-electron chi connectivity index (χ3n) is 6.31. The Bertz CT molecular complexity index is 1370. The van der Waals surface area contributed by atoms with Crippen molar-refractivity contribution in [3.05, 3.63) is 76.4 Å². The molecule has 1 fully saturated rings. The molecule has 1 saturated carbocycles. The molecule has 0 saturated heterocycles. The van der Waals surface area contributed by atoms with Crippen LogP contribution in [0.1, 0.15) is 47.3 Å². The van der Waals surface area contributed by atoms with Crippen LogP contribution in [0, 0.1) is 0 Å². The Hall–Kier alpha value is -2.71. The van der Waals surface area contributed by atoms with E-state index in [1.54, 1.807) is 12.3 Å². The van der Waals surface area contributed by atoms with Crippen molar-refractivity contribution in [1.29, 1.82) is 0 Å². The van der Waals surface area contributed by atoms with E-state index in [1.807, 2.05) is 39.8 Å². The van der Waals surface area contributed by atoms with Crippen LogP contribution in [0.3, 0.4) is 0 Å². The molecule has 3 aromatic rings. The zero-order valence-electron chi connectivity index (χ0n) is 20.1. The lowest BCUT2D eigenvalue weighted by molar-refractivity contribution is 0.0248. The SMILES string of the molecule is CC[C@H](c1cccc(Br)c1)n1ccc(C(=O)c2cncnc2N[C@@H]2C[C@@H](OS(=O)(=O)NC)[C@@H](O)[C@@H]2F)c1. The molecule has 37 heavy (non-hydrogen) atoms. The molecule has 1 aliphatic rings. The summed E-state index contributed by atoms with van der Waals surface area (Å²) in [5.74, 6) is -0.297. The molecule has 3 N–H and O–H groups in total. The van der Waals surface area contributed by atoms with Gasteiger partial charge in [-0.15, -0.1) is 0 Å². The molecule has 2 heterocycles. The van der Waals surface area contributed by atoms with Crippen LogP contribution in [0.25, 0.3) is 0 Å². The summed E-state index contributed by atoms with van der Waals surface area (Å²) in [6.45, 7) is 2.06. The van der Waals surface area contributed by atoms with Crippen LogP contribution in [0.5, 0.6) is 0 Å². The van der Waals surface area contributed by atoms with E-state index in [-0.39, 0.29) is 29.6 Å². The van der Waals surface area contributed by atoms with Gasteiger partial charge in [0.2, 0.25) is 0 Å². The molecule has 198 valence electrons. The van der Waals surface area contributed by atoms with Crippen molar-refractivity contribution < 1.29 is 26.9 Å². The van der Waals surface area contributed by atoms with E-state index in [2.05, 4.69) is 38.1 Å². The molecule has 0 amide bonds. The molecule has 4 rings (SSSR count). The van der Waals surface area contributed by atoms with Gasteiger partial charge in [-0.05, 0) is 30.2 Å². The molecule has 0 radical (unpaired) electrons. The molecular weight excluding hydrogens is 569 g/mol. The zero-order chi connectivity index (χ0) is 26.7. The quantitative estimate of drug-likeness (QED) is 0.304. The summed E-state index contributed by atoms with van der Waals surface area (Å²) in [4.78, 5) is 21.5. The second-order valence-electron chi connectivity index (χ2n) is 8.66. The molecule has 0 unspecified atom stereocenters. The fraction of sp³-hybridized carbons (Fsp3) is 0.375. The van der Waals surface area contributed by atoms with Gasteiger partial charge in [0, 0.05) is 42.1 Å². The molecular formula is C24H27BrFN5O5S. The molecule has 1 aliphatic carbocycles. The van der Waals surface area contributed by atoms with Crippen molar-refractivity contribution in [1.82, 2.24) is 19.3 Å². The van der Waals surface area contributed by atoms with Crippen LogP contribution >= 0.6 is 15.9 Å². The van der Waals surface area contributed by atoms with Gasteiger partial charge in [0.15, 0.2) is 5.78 Å². The molecule has 2 aromatic heterocycles. The third kappa shape index (κ3) is 6.07. The van der Waals surface area contributed by atoms with E-state index in [1.165, 1.54) is 12.5 Å². The van der Waals surface area contributed by atoms with Gasteiger partial charge in [0.05, 0.1) is 17.6 Å². The lowest BCUT2D eigenvalue weighted by Crippen LogP contribution is -2.35. The van der Waals surface area contributed by atoms with Crippen LogP contribution < -0.4 is 10.0 Å². The van der Waals surface area contributed by atoms with Gasteiger partial charge >= 0.3 is 10.3 Å². The Kier molecular flexibility index (Phi) is 8.39. The summed E-state index contributed by atoms with van der Waals surface area (Å²) in [6.07, 6.45) is 1.92. The highest BCUT2D eigenvalue weighted by Crippen LogP contribution is 2.31. The number of aliphatic hydroxyl groups excluding tert-OH is 1. The average molecular weight is 596 g/mol. The minimum Gasteiger partial charge on any atom is -0.387 e. The second kappa shape index (κ2) is 11.4. The van der Waals surface area contributed by atoms with Gasteiger partial charge in [-0.2, -0.15) is 13.1 Å². The van der Waals surface area contributed by atoms with Crippen LogP contribution in [-0.4, -0.2) is 65.3 Å². The number of aliphatic hydroxyl groups is 1. The third-order valence-corrected chi connectivity index (χ3v) is 7.81. The minimum absolute atomic E-state index is 0.0155. The normalized spacial score (nSPS) is 22.6. The Labute approximate surface area is 222 Å². The first-order chi connectivity index (χ1) is 17.6. The van der Waals surface area contributed by atoms with Gasteiger partial charge < -0.3 is 15.0 Å². The van der Waals surface area contributed by atoms with E-state index < -0.39 is 34.7 Å². The van der Waals surface area contributed by atoms with Crippen molar-refractivity contribution in [3.8, 4) is 0 Å². The second-order valence-corrected chi connectivity index (χ2v) is 11.1. The Balaban J connectivity index is 1.54. The predicted molar refractivity (Wildman–Crippen MR) is 138 cm³/mol. The Morgan fingerprint density at radius 3 is 2.86 bits per heavy atom. The minimum atomic E-state index is -4.13. The number of benzene rings is 1. The predicted octanol–water partition coefficient (Wildman–Crippen LogP) is 3.00. The van der Waals surface area contributed by atoms with Crippen LogP contribution in [0.15, 0.2) is 59.7 Å². The number of halogens is 2. The molecule has 0 aliphatic heterocycles. The largest absolute Gasteiger partial charge is 0.387 e. The van der Waals surface area contributed by atoms with Crippen molar-refractivity contribution in [2.45, 2.75) is 50.2 Å². The number of hydrogen-bond donors (Lipinski definition) is 3. The summed E-state index contributed by atoms with van der Waals surface area (Å²) < 4.78 is 48.0. The number of aromatic nitrogens is 3. The first kappa shape index (κ1) is 27.3. The van der Waals surface area contributed by atoms with Crippen molar-refractivity contribution >= 4 is 37.8 Å². The summed E-state index contributed by atoms with van der Waals surface area (Å²) in [5, 5.41) is 13.0. The number of carbonyl (C=O) groups is 1. The summed E-state index contributed by atoms with van der Waals surface area (Å²) in [5.41, 5.74) is 1.60. The fourth-order valence-electron chi connectivity index (χ4n) is 4.42. The highest BCUT2D eigenvalue weighted by molar-refractivity contribution is 9.10. The van der Waals surface area contributed by atoms with Crippen LogP contribution in [-0.2, 0) is 14.5 Å². The van der Waals surface area contributed by atoms with Crippen LogP contribution in [0.4, 0.5) is 10.2 Å². The van der Waals surface area contributed by atoms with Crippen molar-refractivity contribution in [3.63, 3.8) is 0 Å². The van der Waals surface area contributed by atoms with Gasteiger partial charge in [-0.25, -0.2) is 14.4 Å². The summed E-state index contributed by atoms with van der Waals surface area (Å²) >= 11 is 3.50. The molecule has 0 spiro atoms. The van der Waals surface area contributed by atoms with E-state index in [0.29, 0.717) is 5.56 Å². The smallest absolute Gasteiger partial charge is 0.335 e. The summed E-state index contributed by atoms with van der Waals surface area (Å²) in [6, 6.07) is 8.63. The lowest BCUT2D eigenvalue weighted by atomic mass is 10.0. The van der Waals surface area contributed by atoms with E-state index >= 15 is 0 Å². The number of hydrogen-bond acceptors (Lipinski definition) is 8.